The second kappa shape index (κ2) is 14.6. The van der Waals surface area contributed by atoms with Gasteiger partial charge in [-0.05, 0) is 35.2 Å². The molecule has 0 spiro atoms. The third kappa shape index (κ3) is 7.80. The van der Waals surface area contributed by atoms with Gasteiger partial charge in [0.05, 0.1) is 48.1 Å². The number of thiazole rings is 1. The average molecular weight is 692 g/mol. The Morgan fingerprint density at radius 1 is 1.08 bits per heavy atom. The minimum atomic E-state index is -2.45. The molecule has 3 N–H and O–H groups in total. The lowest BCUT2D eigenvalue weighted by Crippen LogP contribution is -2.35. The highest BCUT2D eigenvalue weighted by Gasteiger charge is 2.21. The van der Waals surface area contributed by atoms with E-state index in [2.05, 4.69) is 35.7 Å². The predicted molar refractivity (Wildman–Crippen MR) is 186 cm³/mol. The summed E-state index contributed by atoms with van der Waals surface area (Å²) in [4.78, 5) is 21.2. The molecule has 1 aliphatic heterocycles. The van der Waals surface area contributed by atoms with Gasteiger partial charge in [0.15, 0.2) is 4.96 Å². The van der Waals surface area contributed by atoms with Gasteiger partial charge in [0.2, 0.25) is 0 Å². The summed E-state index contributed by atoms with van der Waals surface area (Å²) in [6.45, 7) is 10.5. The molecule has 0 saturated carbocycles. The summed E-state index contributed by atoms with van der Waals surface area (Å²) in [7, 11) is 1.48. The van der Waals surface area contributed by atoms with Crippen molar-refractivity contribution < 1.29 is 27.8 Å². The van der Waals surface area contributed by atoms with E-state index in [-0.39, 0.29) is 18.5 Å². The maximum atomic E-state index is 13.2. The molecule has 2 aromatic heterocycles. The third-order valence-corrected chi connectivity index (χ3v) is 9.57. The number of rotatable bonds is 11. The van der Waals surface area contributed by atoms with Gasteiger partial charge in [0.1, 0.15) is 17.2 Å². The maximum Gasteiger partial charge on any atom is 0.319 e. The Morgan fingerprint density at radius 3 is 2.62 bits per heavy atom. The van der Waals surface area contributed by atoms with Gasteiger partial charge in [-0.25, -0.2) is 14.5 Å². The first-order valence-electron chi connectivity index (χ1n) is 15.6. The molecule has 2 amide bonds. The van der Waals surface area contributed by atoms with Gasteiger partial charge in [-0.3, -0.25) is 13.5 Å². The van der Waals surface area contributed by atoms with Crippen LogP contribution in [-0.4, -0.2) is 62.5 Å². The first-order valence-corrected chi connectivity index (χ1v) is 17.5. The number of benzene rings is 3. The van der Waals surface area contributed by atoms with E-state index in [9.17, 15) is 13.6 Å². The lowest BCUT2D eigenvalue weighted by molar-refractivity contribution is 0.0336. The number of fused-ring (bicyclic) bond motifs is 3. The first kappa shape index (κ1) is 33.8. The Labute approximate surface area is 285 Å². The molecule has 48 heavy (non-hydrogen) atoms. The molecule has 1 unspecified atom stereocenters. The number of hydrogen-bond donors (Lipinski definition) is 3. The number of morpholine rings is 1. The van der Waals surface area contributed by atoms with E-state index in [0.29, 0.717) is 28.5 Å². The van der Waals surface area contributed by atoms with E-state index in [4.69, 9.17) is 14.2 Å². The first-order chi connectivity index (χ1) is 23.1. The van der Waals surface area contributed by atoms with Crippen LogP contribution < -0.4 is 24.8 Å². The van der Waals surface area contributed by atoms with E-state index >= 15 is 0 Å². The van der Waals surface area contributed by atoms with Crippen molar-refractivity contribution in [1.82, 2.24) is 24.3 Å². The summed E-state index contributed by atoms with van der Waals surface area (Å²) in [6.07, 6.45) is 1.95. The maximum absolute atomic E-state index is 13.2. The molecule has 3 heterocycles. The van der Waals surface area contributed by atoms with Gasteiger partial charge in [-0.1, -0.05) is 56.4 Å². The lowest BCUT2D eigenvalue weighted by Gasteiger charge is -2.26. The van der Waals surface area contributed by atoms with Crippen LogP contribution in [0.1, 0.15) is 43.2 Å². The van der Waals surface area contributed by atoms with Crippen LogP contribution in [0.3, 0.4) is 0 Å². The van der Waals surface area contributed by atoms with E-state index in [0.717, 1.165) is 64.8 Å². The number of urea groups is 1. The predicted octanol–water partition coefficient (Wildman–Crippen LogP) is 5.69. The summed E-state index contributed by atoms with van der Waals surface area (Å²) < 4.78 is 45.5. The molecule has 5 aromatic rings. The molecule has 3 aromatic carbocycles. The van der Waals surface area contributed by atoms with Crippen LogP contribution in [0.4, 0.5) is 10.5 Å². The van der Waals surface area contributed by atoms with Crippen LogP contribution in [0.5, 0.6) is 17.2 Å². The van der Waals surface area contributed by atoms with E-state index in [1.54, 1.807) is 11.3 Å². The number of para-hydroxylation sites is 1. The Morgan fingerprint density at radius 2 is 1.88 bits per heavy atom. The number of amides is 2. The highest BCUT2D eigenvalue weighted by atomic mass is 32.2. The molecule has 0 radical (unpaired) electrons. The minimum Gasteiger partial charge on any atom is -0.760 e. The molecular formula is C34H39N6O6S2-. The Bertz CT molecular complexity index is 1950. The van der Waals surface area contributed by atoms with Crippen molar-refractivity contribution in [2.45, 2.75) is 45.8 Å². The molecule has 1 fully saturated rings. The number of imidazole rings is 1. The number of nitrogens with one attached hydrogen (secondary N) is 3. The van der Waals surface area contributed by atoms with Crippen molar-refractivity contribution in [3.05, 3.63) is 83.2 Å². The normalized spacial score (nSPS) is 14.7. The van der Waals surface area contributed by atoms with Crippen LogP contribution in [-0.2, 0) is 41.1 Å². The fourth-order valence-electron chi connectivity index (χ4n) is 5.66. The highest BCUT2D eigenvalue weighted by Crippen LogP contribution is 2.36. The molecule has 1 saturated heterocycles. The van der Waals surface area contributed by atoms with Crippen molar-refractivity contribution in [3.63, 3.8) is 0 Å². The van der Waals surface area contributed by atoms with Crippen molar-refractivity contribution in [2.75, 3.05) is 38.7 Å². The van der Waals surface area contributed by atoms with E-state index in [1.165, 1.54) is 7.11 Å². The fourth-order valence-corrected chi connectivity index (χ4v) is 6.98. The molecule has 254 valence electrons. The smallest absolute Gasteiger partial charge is 0.319 e. The molecule has 1 atom stereocenters. The minimum absolute atomic E-state index is 0.0177. The summed E-state index contributed by atoms with van der Waals surface area (Å²) >= 11 is -0.832. The van der Waals surface area contributed by atoms with Crippen molar-refractivity contribution in [3.8, 4) is 17.2 Å². The number of carbonyl (C=O) groups excluding carboxylic acids is 1. The molecule has 12 nitrogen and oxygen atoms in total. The summed E-state index contributed by atoms with van der Waals surface area (Å²) in [5.74, 6) is 1.68. The third-order valence-electron chi connectivity index (χ3n) is 8.17. The summed E-state index contributed by atoms with van der Waals surface area (Å²) in [6, 6.07) is 16.9. The van der Waals surface area contributed by atoms with Gasteiger partial charge >= 0.3 is 6.03 Å². The number of anilines is 1. The number of ether oxygens (including phenoxy) is 3. The largest absolute Gasteiger partial charge is 0.760 e. The zero-order chi connectivity index (χ0) is 33.8. The second-order valence-electron chi connectivity index (χ2n) is 12.5. The summed E-state index contributed by atoms with van der Waals surface area (Å²) in [5, 5.41) is 5.80. The zero-order valence-corrected chi connectivity index (χ0v) is 29.0. The van der Waals surface area contributed by atoms with Crippen LogP contribution >= 0.6 is 11.3 Å². The standard InChI is InChI=1S/C34H40N6O6S2/c1-34(2,3)24-15-23(19-37-48(42)43)31(44-4)27(16-24)38-32(41)35-18-22-7-5-6-8-29(22)46-26-9-10-28-30(17-26)47-33-36-20-25(40(28)33)21-39-11-13-45-14-12-39/h5-10,15-17,20,37H,11-14,18-19,21H2,1-4H3,(H,42,43)(H2,35,38,41)/p-1. The second-order valence-corrected chi connectivity index (χ2v) is 14.3. The van der Waals surface area contributed by atoms with Gasteiger partial charge in [-0.15, -0.1) is 0 Å². The SMILES string of the molecule is COc1c(CNS(=O)[O-])cc(C(C)(C)C)cc1NC(=O)NCc1ccccc1Oc1ccc2c(c1)sc1ncc(CN3CCOCC3)n12. The molecule has 0 aliphatic carbocycles. The lowest BCUT2D eigenvalue weighted by atomic mass is 9.85. The molecule has 0 bridgehead atoms. The fraction of sp³-hybridized carbons (Fsp3) is 0.353. The van der Waals surface area contributed by atoms with Gasteiger partial charge in [-0.2, -0.15) is 0 Å². The number of nitrogens with zero attached hydrogens (tertiary/aromatic N) is 3. The van der Waals surface area contributed by atoms with E-state index in [1.807, 2.05) is 75.5 Å². The topological polar surface area (TPSA) is 142 Å². The number of hydrogen-bond acceptors (Lipinski definition) is 9. The highest BCUT2D eigenvalue weighted by molar-refractivity contribution is 7.77. The number of methoxy groups -OCH3 is 1. The monoisotopic (exact) mass is 691 g/mol. The molecular weight excluding hydrogens is 653 g/mol. The average Bonchev–Trinajstić information content (AvgIpc) is 3.62. The van der Waals surface area contributed by atoms with Crippen molar-refractivity contribution >= 4 is 49.5 Å². The molecule has 1 aliphatic rings. The molecule has 6 rings (SSSR count). The van der Waals surface area contributed by atoms with Gasteiger partial charge in [0, 0.05) is 61.2 Å². The Hall–Kier alpha value is -4.05. The van der Waals surface area contributed by atoms with Crippen LogP contribution in [0, 0.1) is 0 Å². The van der Waals surface area contributed by atoms with Crippen LogP contribution in [0.25, 0.3) is 15.2 Å². The number of carbonyl (C=O) groups is 1. The van der Waals surface area contributed by atoms with Gasteiger partial charge in [0.25, 0.3) is 0 Å². The van der Waals surface area contributed by atoms with Crippen LogP contribution in [0.15, 0.2) is 60.8 Å². The van der Waals surface area contributed by atoms with Crippen molar-refractivity contribution in [2.24, 2.45) is 0 Å². The quantitative estimate of drug-likeness (QED) is 0.150. The van der Waals surface area contributed by atoms with E-state index < -0.39 is 17.3 Å². The van der Waals surface area contributed by atoms with Crippen molar-refractivity contribution in [1.29, 1.82) is 0 Å². The Kier molecular flexibility index (Phi) is 10.3. The Balaban J connectivity index is 1.16. The molecule has 14 heteroatoms. The summed E-state index contributed by atoms with van der Waals surface area (Å²) in [5.41, 5.74) is 4.71. The zero-order valence-electron chi connectivity index (χ0n) is 27.3. The van der Waals surface area contributed by atoms with Gasteiger partial charge < -0.3 is 29.4 Å². The van der Waals surface area contributed by atoms with Crippen LogP contribution in [0.2, 0.25) is 0 Å². The number of aromatic nitrogens is 2.